The van der Waals surface area contributed by atoms with Gasteiger partial charge >= 0.3 is 29.8 Å². The number of rotatable bonds is 11. The third-order valence-electron chi connectivity index (χ3n) is 5.79. The third kappa shape index (κ3) is 8.39. The van der Waals surface area contributed by atoms with E-state index in [2.05, 4.69) is 5.16 Å². The molecule has 0 saturated carbocycles. The quantitative estimate of drug-likeness (QED) is 0.291. The Hall–Kier alpha value is -4.22. The average molecular weight is 562 g/mol. The molecule has 0 radical (unpaired) electrons. The second-order valence-electron chi connectivity index (χ2n) is 9.42. The van der Waals surface area contributed by atoms with Crippen molar-refractivity contribution < 1.29 is 52.2 Å². The largest absolute Gasteiger partial charge is 0.462 e. The van der Waals surface area contributed by atoms with E-state index in [1.807, 2.05) is 32.9 Å². The fourth-order valence-electron chi connectivity index (χ4n) is 4.50. The van der Waals surface area contributed by atoms with Crippen molar-refractivity contribution in [3.8, 4) is 11.3 Å². The molecule has 0 bridgehead atoms. The number of aryl methyl sites for hydroxylation is 3. The van der Waals surface area contributed by atoms with Gasteiger partial charge in [0.1, 0.15) is 12.3 Å². The van der Waals surface area contributed by atoms with E-state index in [0.717, 1.165) is 56.9 Å². The summed E-state index contributed by atoms with van der Waals surface area (Å²) in [5, 5.41) is 4.23. The average Bonchev–Trinajstić information content (AvgIpc) is 3.16. The molecule has 12 heteroatoms. The third-order valence-corrected chi connectivity index (χ3v) is 5.79. The molecule has 0 aliphatic carbocycles. The molecule has 0 aliphatic heterocycles. The molecule has 0 amide bonds. The molecular weight excluding hydrogens is 526 g/mol. The topological polar surface area (TPSA) is 158 Å². The van der Waals surface area contributed by atoms with Gasteiger partial charge in [-0.1, -0.05) is 22.9 Å². The molecule has 2 rings (SSSR count). The molecule has 0 N–H and O–H groups in total. The lowest BCUT2D eigenvalue weighted by molar-refractivity contribution is -0.204. The normalized spacial score (nSPS) is 13.8. The first-order chi connectivity index (χ1) is 18.6. The van der Waals surface area contributed by atoms with Crippen molar-refractivity contribution in [2.75, 3.05) is 6.61 Å². The Bertz CT molecular complexity index is 1260. The summed E-state index contributed by atoms with van der Waals surface area (Å²) in [5.41, 5.74) is 4.63. The summed E-state index contributed by atoms with van der Waals surface area (Å²) in [5.74, 6) is -3.97. The maximum Gasteiger partial charge on any atom is 0.303 e. The van der Waals surface area contributed by atoms with Crippen LogP contribution in [-0.2, 0) is 47.7 Å². The molecule has 1 aromatic heterocycles. The summed E-state index contributed by atoms with van der Waals surface area (Å²) >= 11 is 0. The molecule has 218 valence electrons. The molecule has 2 aromatic rings. The maximum absolute atomic E-state index is 12.3. The van der Waals surface area contributed by atoms with Gasteiger partial charge in [-0.25, -0.2) is 0 Å². The summed E-state index contributed by atoms with van der Waals surface area (Å²) in [6.07, 6.45) is -6.15. The maximum atomic E-state index is 12.3. The van der Waals surface area contributed by atoms with E-state index in [4.69, 9.17) is 28.2 Å². The lowest BCUT2D eigenvalue weighted by Crippen LogP contribution is -2.50. The van der Waals surface area contributed by atoms with Crippen LogP contribution in [0.2, 0.25) is 0 Å². The number of benzene rings is 1. The van der Waals surface area contributed by atoms with E-state index in [9.17, 15) is 24.0 Å². The van der Waals surface area contributed by atoms with Crippen LogP contribution in [0.25, 0.3) is 11.3 Å². The summed E-state index contributed by atoms with van der Waals surface area (Å²) in [6, 6.07) is 3.97. The zero-order chi connectivity index (χ0) is 30.3. The van der Waals surface area contributed by atoms with E-state index in [1.165, 1.54) is 0 Å². The first-order valence-corrected chi connectivity index (χ1v) is 12.5. The molecule has 40 heavy (non-hydrogen) atoms. The Morgan fingerprint density at radius 1 is 0.725 bits per heavy atom. The zero-order valence-corrected chi connectivity index (χ0v) is 24.1. The van der Waals surface area contributed by atoms with Crippen LogP contribution in [0.4, 0.5) is 0 Å². The van der Waals surface area contributed by atoms with Crippen LogP contribution in [0.3, 0.4) is 0 Å². The van der Waals surface area contributed by atoms with E-state index < -0.39 is 60.9 Å². The predicted molar refractivity (Wildman–Crippen MR) is 139 cm³/mol. The van der Waals surface area contributed by atoms with Crippen LogP contribution in [0.1, 0.15) is 68.7 Å². The van der Waals surface area contributed by atoms with Gasteiger partial charge in [-0.15, -0.1) is 0 Å². The molecule has 1 aromatic carbocycles. The minimum absolute atomic E-state index is 0.00189. The first kappa shape index (κ1) is 32.0. The molecule has 1 heterocycles. The molecule has 0 aliphatic rings. The number of aromatic nitrogens is 1. The predicted octanol–water partition coefficient (Wildman–Crippen LogP) is 3.54. The van der Waals surface area contributed by atoms with Gasteiger partial charge in [-0.2, -0.15) is 0 Å². The van der Waals surface area contributed by atoms with E-state index in [-0.39, 0.29) is 5.76 Å². The van der Waals surface area contributed by atoms with Crippen molar-refractivity contribution in [3.05, 3.63) is 40.1 Å². The fraction of sp³-hybridized carbons (Fsp3) is 0.500. The molecule has 0 spiro atoms. The van der Waals surface area contributed by atoms with Crippen LogP contribution in [0.5, 0.6) is 0 Å². The van der Waals surface area contributed by atoms with Gasteiger partial charge in [0.05, 0.1) is 0 Å². The van der Waals surface area contributed by atoms with Crippen molar-refractivity contribution in [1.29, 1.82) is 0 Å². The standard InChI is InChI=1S/C28H35NO11/c1-13-10-14(2)23(15(3)11-13)24-16(4)25(40-29-24)27(38-20(8)33)28(39-21(9)34)26(37-19(7)32)22(36-18(6)31)12-35-17(5)30/h10-11,22,26-28H,12H2,1-9H3/t22-,26+,27+,28+/m1/s1. The van der Waals surface area contributed by atoms with Crippen molar-refractivity contribution in [3.63, 3.8) is 0 Å². The van der Waals surface area contributed by atoms with Crippen LogP contribution < -0.4 is 0 Å². The van der Waals surface area contributed by atoms with Crippen LogP contribution >= 0.6 is 0 Å². The summed E-state index contributed by atoms with van der Waals surface area (Å²) in [4.78, 5) is 60.2. The first-order valence-electron chi connectivity index (χ1n) is 12.5. The Kier molecular flexibility index (Phi) is 11.0. The number of carbonyl (C=O) groups is 5. The van der Waals surface area contributed by atoms with E-state index in [0.29, 0.717) is 11.3 Å². The van der Waals surface area contributed by atoms with Crippen LogP contribution in [-0.4, -0.2) is 59.9 Å². The number of hydrogen-bond acceptors (Lipinski definition) is 12. The van der Waals surface area contributed by atoms with Crippen molar-refractivity contribution in [2.24, 2.45) is 0 Å². The van der Waals surface area contributed by atoms with Crippen molar-refractivity contribution in [2.45, 2.75) is 86.7 Å². The molecule has 0 saturated heterocycles. The molecular formula is C28H35NO11. The van der Waals surface area contributed by atoms with Gasteiger partial charge < -0.3 is 28.2 Å². The van der Waals surface area contributed by atoms with Gasteiger partial charge in [0, 0.05) is 45.7 Å². The Balaban J connectivity index is 2.76. The zero-order valence-electron chi connectivity index (χ0n) is 24.1. The number of nitrogens with zero attached hydrogens (tertiary/aromatic N) is 1. The van der Waals surface area contributed by atoms with Gasteiger partial charge in [0.25, 0.3) is 0 Å². The Morgan fingerprint density at radius 2 is 1.23 bits per heavy atom. The molecule has 0 fully saturated rings. The molecule has 12 nitrogen and oxygen atoms in total. The monoisotopic (exact) mass is 561 g/mol. The van der Waals surface area contributed by atoms with Gasteiger partial charge in [-0.3, -0.25) is 24.0 Å². The number of esters is 5. The van der Waals surface area contributed by atoms with E-state index >= 15 is 0 Å². The molecule has 4 atom stereocenters. The Labute approximate surface area is 232 Å². The lowest BCUT2D eigenvalue weighted by Gasteiger charge is -2.34. The smallest absolute Gasteiger partial charge is 0.303 e. The van der Waals surface area contributed by atoms with Gasteiger partial charge in [-0.05, 0) is 38.8 Å². The molecule has 0 unspecified atom stereocenters. The van der Waals surface area contributed by atoms with Crippen LogP contribution in [0.15, 0.2) is 16.7 Å². The summed E-state index contributed by atoms with van der Waals surface area (Å²) < 4.78 is 32.5. The van der Waals surface area contributed by atoms with Crippen molar-refractivity contribution >= 4 is 29.8 Å². The highest BCUT2D eigenvalue weighted by molar-refractivity contribution is 5.72. The van der Waals surface area contributed by atoms with E-state index in [1.54, 1.807) is 6.92 Å². The number of hydrogen-bond donors (Lipinski definition) is 0. The second-order valence-corrected chi connectivity index (χ2v) is 9.42. The van der Waals surface area contributed by atoms with Gasteiger partial charge in [0.15, 0.2) is 24.1 Å². The number of carbonyl (C=O) groups excluding carboxylic acids is 5. The second kappa shape index (κ2) is 13.7. The highest BCUT2D eigenvalue weighted by Gasteiger charge is 2.47. The minimum Gasteiger partial charge on any atom is -0.462 e. The van der Waals surface area contributed by atoms with Crippen molar-refractivity contribution in [1.82, 2.24) is 5.16 Å². The summed E-state index contributed by atoms with van der Waals surface area (Å²) in [6.45, 7) is 12.5. The summed E-state index contributed by atoms with van der Waals surface area (Å²) in [7, 11) is 0. The lowest BCUT2D eigenvalue weighted by atomic mass is 9.93. The fourth-order valence-corrected chi connectivity index (χ4v) is 4.50. The number of ether oxygens (including phenoxy) is 5. The van der Waals surface area contributed by atoms with Crippen LogP contribution in [0, 0.1) is 27.7 Å². The SMILES string of the molecule is CC(=O)OC[C@@H](OC(C)=O)[C@H](OC(C)=O)[C@H](OC(C)=O)[C@@H](OC(C)=O)c1onc(-c2c(C)cc(C)cc2C)c1C. The highest BCUT2D eigenvalue weighted by Crippen LogP contribution is 2.38. The highest BCUT2D eigenvalue weighted by atomic mass is 16.6. The minimum atomic E-state index is -1.61. The van der Waals surface area contributed by atoms with Gasteiger partial charge in [0.2, 0.25) is 6.10 Å². The Morgan fingerprint density at radius 3 is 1.70 bits per heavy atom.